The number of anilines is 1. The summed E-state index contributed by atoms with van der Waals surface area (Å²) in [5.41, 5.74) is 2.99. The Morgan fingerprint density at radius 2 is 2.14 bits per heavy atom. The second kappa shape index (κ2) is 5.95. The molecule has 3 aromatic rings. The molecule has 0 unspecified atom stereocenters. The number of H-pyrrole nitrogens is 1. The quantitative estimate of drug-likeness (QED) is 0.723. The minimum Gasteiger partial charge on any atom is -0.345 e. The average Bonchev–Trinajstić information content (AvgIpc) is 3.19. The summed E-state index contributed by atoms with van der Waals surface area (Å²) in [6.45, 7) is 1.49. The van der Waals surface area contributed by atoms with Gasteiger partial charge in [0.1, 0.15) is 0 Å². The van der Waals surface area contributed by atoms with Crippen LogP contribution in [0.1, 0.15) is 27.0 Å². The first-order valence-corrected chi connectivity index (χ1v) is 7.51. The first-order valence-electron chi connectivity index (χ1n) is 6.63. The zero-order valence-electron chi connectivity index (χ0n) is 11.8. The minimum absolute atomic E-state index is 0.0368. The molecule has 110 valence electrons. The fourth-order valence-corrected chi connectivity index (χ4v) is 2.81. The van der Waals surface area contributed by atoms with Crippen LogP contribution in [0, 0.1) is 0 Å². The van der Waals surface area contributed by atoms with E-state index in [4.69, 9.17) is 0 Å². The molecule has 22 heavy (non-hydrogen) atoms. The van der Waals surface area contributed by atoms with Crippen molar-refractivity contribution in [3.05, 3.63) is 58.7 Å². The Hall–Kier alpha value is -2.73. The van der Waals surface area contributed by atoms with E-state index in [1.165, 1.54) is 18.3 Å². The van der Waals surface area contributed by atoms with Gasteiger partial charge in [-0.3, -0.25) is 9.59 Å². The van der Waals surface area contributed by atoms with Crippen molar-refractivity contribution in [1.29, 1.82) is 0 Å². The molecule has 0 saturated heterocycles. The number of nitrogens with one attached hydrogen (secondary N) is 2. The van der Waals surface area contributed by atoms with E-state index in [9.17, 15) is 9.59 Å². The number of rotatable bonds is 4. The Morgan fingerprint density at radius 3 is 2.82 bits per heavy atom. The van der Waals surface area contributed by atoms with Gasteiger partial charge in [-0.1, -0.05) is 12.1 Å². The van der Waals surface area contributed by atoms with Crippen molar-refractivity contribution in [3.8, 4) is 11.3 Å². The van der Waals surface area contributed by atoms with E-state index >= 15 is 0 Å². The number of hydrogen-bond donors (Lipinski definition) is 2. The van der Waals surface area contributed by atoms with E-state index in [1.807, 2.05) is 24.3 Å². The number of benzene rings is 1. The lowest BCUT2D eigenvalue weighted by Gasteiger charge is -2.05. The van der Waals surface area contributed by atoms with Gasteiger partial charge >= 0.3 is 0 Å². The minimum atomic E-state index is -0.231. The molecule has 0 aliphatic carbocycles. The van der Waals surface area contributed by atoms with Gasteiger partial charge in [-0.2, -0.15) is 0 Å². The summed E-state index contributed by atoms with van der Waals surface area (Å²) < 4.78 is 0. The number of amides is 1. The maximum Gasteiger partial charge on any atom is 0.256 e. The molecule has 0 bridgehead atoms. The lowest BCUT2D eigenvalue weighted by molar-refractivity contribution is 0.102. The van der Waals surface area contributed by atoms with Crippen LogP contribution in [0.5, 0.6) is 0 Å². The summed E-state index contributed by atoms with van der Waals surface area (Å²) in [7, 11) is 0. The Bertz CT molecular complexity index is 822. The van der Waals surface area contributed by atoms with Gasteiger partial charge in [0, 0.05) is 16.6 Å². The number of thiophene rings is 1. The number of imidazole rings is 1. The lowest BCUT2D eigenvalue weighted by Crippen LogP contribution is -2.10. The molecule has 5 nitrogen and oxygen atoms in total. The molecular formula is C16H13N3O2S. The van der Waals surface area contributed by atoms with Crippen LogP contribution in [0.4, 0.5) is 5.69 Å². The fraction of sp³-hybridized carbons (Fsp3) is 0.0625. The normalized spacial score (nSPS) is 10.4. The molecule has 0 aliphatic heterocycles. The number of carbonyl (C=O) groups is 2. The first kappa shape index (κ1) is 14.2. The van der Waals surface area contributed by atoms with Crippen molar-refractivity contribution < 1.29 is 9.59 Å². The number of hydrogen-bond acceptors (Lipinski definition) is 4. The third-order valence-corrected chi connectivity index (χ3v) is 4.17. The van der Waals surface area contributed by atoms with E-state index in [0.717, 1.165) is 11.3 Å². The molecule has 6 heteroatoms. The predicted octanol–water partition coefficient (Wildman–Crippen LogP) is 3.59. The monoisotopic (exact) mass is 311 g/mol. The number of aromatic amines is 1. The summed E-state index contributed by atoms with van der Waals surface area (Å²) in [6, 6.07) is 9.09. The van der Waals surface area contributed by atoms with Crippen LogP contribution in [-0.2, 0) is 0 Å². The molecule has 1 aromatic carbocycles. The molecule has 3 rings (SSSR count). The zero-order chi connectivity index (χ0) is 15.5. The van der Waals surface area contributed by atoms with E-state index in [2.05, 4.69) is 15.3 Å². The van der Waals surface area contributed by atoms with Crippen LogP contribution in [-0.4, -0.2) is 21.7 Å². The van der Waals surface area contributed by atoms with E-state index in [1.54, 1.807) is 24.0 Å². The standard InChI is InChI=1S/C16H13N3O2S/c1-10(20)15-6-12(8-22-15)16(21)19-13-4-2-3-11(5-13)14-7-17-9-18-14/h2-9H,1H3,(H,17,18)(H,19,21). The molecule has 2 aromatic heterocycles. The molecule has 0 spiro atoms. The molecule has 0 radical (unpaired) electrons. The van der Waals surface area contributed by atoms with Gasteiger partial charge in [-0.15, -0.1) is 11.3 Å². The summed E-state index contributed by atoms with van der Waals surface area (Å²) in [5.74, 6) is -0.268. The van der Waals surface area contributed by atoms with Crippen LogP contribution in [0.25, 0.3) is 11.3 Å². The Balaban J connectivity index is 1.79. The molecular weight excluding hydrogens is 298 g/mol. The summed E-state index contributed by atoms with van der Waals surface area (Å²) in [4.78, 5) is 31.1. The molecule has 0 saturated carbocycles. The van der Waals surface area contributed by atoms with Crippen molar-refractivity contribution in [2.24, 2.45) is 0 Å². The highest BCUT2D eigenvalue weighted by molar-refractivity contribution is 7.12. The summed E-state index contributed by atoms with van der Waals surface area (Å²) >= 11 is 1.27. The van der Waals surface area contributed by atoms with E-state index in [0.29, 0.717) is 16.1 Å². The number of ketones is 1. The maximum atomic E-state index is 12.2. The smallest absolute Gasteiger partial charge is 0.256 e. The second-order valence-electron chi connectivity index (χ2n) is 4.76. The predicted molar refractivity (Wildman–Crippen MR) is 86.3 cm³/mol. The summed E-state index contributed by atoms with van der Waals surface area (Å²) in [5, 5.41) is 4.52. The third kappa shape index (κ3) is 2.96. The molecule has 2 N–H and O–H groups in total. The van der Waals surface area contributed by atoms with Crippen molar-refractivity contribution in [3.63, 3.8) is 0 Å². The highest BCUT2D eigenvalue weighted by atomic mass is 32.1. The van der Waals surface area contributed by atoms with Crippen LogP contribution < -0.4 is 5.32 Å². The number of carbonyl (C=O) groups excluding carboxylic acids is 2. The van der Waals surface area contributed by atoms with Crippen LogP contribution in [0.15, 0.2) is 48.2 Å². The van der Waals surface area contributed by atoms with Gasteiger partial charge in [0.05, 0.1) is 28.7 Å². The van der Waals surface area contributed by atoms with Gasteiger partial charge in [0.15, 0.2) is 5.78 Å². The number of nitrogens with zero attached hydrogens (tertiary/aromatic N) is 1. The van der Waals surface area contributed by atoms with Gasteiger partial charge in [-0.05, 0) is 25.1 Å². The van der Waals surface area contributed by atoms with Crippen LogP contribution in [0.2, 0.25) is 0 Å². The van der Waals surface area contributed by atoms with Gasteiger partial charge < -0.3 is 10.3 Å². The Kier molecular flexibility index (Phi) is 3.84. The second-order valence-corrected chi connectivity index (χ2v) is 5.67. The highest BCUT2D eigenvalue weighted by Crippen LogP contribution is 2.21. The maximum absolute atomic E-state index is 12.2. The number of Topliss-reactive ketones (excluding diaryl/α,β-unsaturated/α-hetero) is 1. The van der Waals surface area contributed by atoms with Crippen molar-refractivity contribution >= 4 is 28.7 Å². The Labute approximate surface area is 131 Å². The molecule has 2 heterocycles. The van der Waals surface area contributed by atoms with Crippen LogP contribution in [0.3, 0.4) is 0 Å². The Morgan fingerprint density at radius 1 is 1.27 bits per heavy atom. The number of aromatic nitrogens is 2. The van der Waals surface area contributed by atoms with Crippen molar-refractivity contribution in [2.75, 3.05) is 5.32 Å². The average molecular weight is 311 g/mol. The van der Waals surface area contributed by atoms with Gasteiger partial charge in [-0.25, -0.2) is 4.98 Å². The highest BCUT2D eigenvalue weighted by Gasteiger charge is 2.11. The van der Waals surface area contributed by atoms with Crippen molar-refractivity contribution in [2.45, 2.75) is 6.92 Å². The lowest BCUT2D eigenvalue weighted by atomic mass is 10.1. The molecule has 0 atom stereocenters. The first-order chi connectivity index (χ1) is 10.6. The van der Waals surface area contributed by atoms with Gasteiger partial charge in [0.2, 0.25) is 0 Å². The largest absolute Gasteiger partial charge is 0.345 e. The van der Waals surface area contributed by atoms with E-state index in [-0.39, 0.29) is 11.7 Å². The van der Waals surface area contributed by atoms with Gasteiger partial charge in [0.25, 0.3) is 5.91 Å². The SMILES string of the molecule is CC(=O)c1cc(C(=O)Nc2cccc(-c3cnc[nH]3)c2)cs1. The summed E-state index contributed by atoms with van der Waals surface area (Å²) in [6.07, 6.45) is 3.33. The topological polar surface area (TPSA) is 74.8 Å². The fourth-order valence-electron chi connectivity index (χ4n) is 2.02. The molecule has 0 fully saturated rings. The zero-order valence-corrected chi connectivity index (χ0v) is 12.6. The van der Waals surface area contributed by atoms with Crippen molar-refractivity contribution in [1.82, 2.24) is 9.97 Å². The third-order valence-electron chi connectivity index (χ3n) is 3.14. The molecule has 0 aliphatic rings. The van der Waals surface area contributed by atoms with Crippen LogP contribution >= 0.6 is 11.3 Å². The molecule has 1 amide bonds. The van der Waals surface area contributed by atoms with E-state index < -0.39 is 0 Å².